The van der Waals surface area contributed by atoms with E-state index in [0.29, 0.717) is 11.0 Å². The number of nitrogens with zero attached hydrogens (tertiary/aromatic N) is 2. The van der Waals surface area contributed by atoms with Gasteiger partial charge >= 0.3 is 6.03 Å². The molecule has 0 spiro atoms. The lowest BCUT2D eigenvalue weighted by molar-refractivity contribution is 0.227. The van der Waals surface area contributed by atoms with Crippen LogP contribution in [0.15, 0.2) is 10.2 Å². The molecule has 0 unspecified atom stereocenters. The number of hydrogen-bond donors (Lipinski definition) is 3. The average molecular weight is 285 g/mol. The number of carbonyl (C=O) groups is 1. The van der Waals surface area contributed by atoms with E-state index in [2.05, 4.69) is 26.4 Å². The third-order valence-corrected chi connectivity index (χ3v) is 2.92. The number of azo groups is 1. The molecule has 3 N–H and O–H groups in total. The van der Waals surface area contributed by atoms with Crippen LogP contribution in [-0.4, -0.2) is 22.7 Å². The van der Waals surface area contributed by atoms with Crippen molar-refractivity contribution in [3.63, 3.8) is 0 Å². The molecule has 0 bridgehead atoms. The van der Waals surface area contributed by atoms with Crippen molar-refractivity contribution < 1.29 is 4.79 Å². The van der Waals surface area contributed by atoms with Gasteiger partial charge in [-0.15, -0.1) is 0 Å². The van der Waals surface area contributed by atoms with Crippen LogP contribution < -0.4 is 16.2 Å². The van der Waals surface area contributed by atoms with E-state index in [1.54, 1.807) is 6.92 Å². The summed E-state index contributed by atoms with van der Waals surface area (Å²) in [6.45, 7) is 5.30. The van der Waals surface area contributed by atoms with Crippen molar-refractivity contribution in [2.24, 2.45) is 10.2 Å². The van der Waals surface area contributed by atoms with E-state index in [1.165, 1.54) is 19.3 Å². The Balaban J connectivity index is 2.38. The molecule has 1 rings (SSSR count). The molecular formula is C12H23N5OS. The van der Waals surface area contributed by atoms with Gasteiger partial charge in [0.25, 0.3) is 0 Å². The van der Waals surface area contributed by atoms with Gasteiger partial charge in [0.15, 0.2) is 0 Å². The summed E-state index contributed by atoms with van der Waals surface area (Å²) in [4.78, 5) is 12.1. The molecule has 0 saturated heterocycles. The Labute approximate surface area is 119 Å². The topological polar surface area (TPSA) is 77.9 Å². The van der Waals surface area contributed by atoms with Crippen molar-refractivity contribution in [2.45, 2.75) is 64.6 Å². The first-order valence-electron chi connectivity index (χ1n) is 6.66. The highest BCUT2D eigenvalue weighted by Gasteiger charge is 2.20. The molecule has 1 saturated carbocycles. The van der Waals surface area contributed by atoms with Crippen LogP contribution in [0.2, 0.25) is 0 Å². The predicted molar refractivity (Wildman–Crippen MR) is 78.9 cm³/mol. The summed E-state index contributed by atoms with van der Waals surface area (Å²) < 4.78 is 0. The number of nitrogens with one attached hydrogen (secondary N) is 3. The van der Waals surface area contributed by atoms with Crippen LogP contribution >= 0.6 is 12.2 Å². The minimum atomic E-state index is -0.724. The minimum Gasteiger partial charge on any atom is -0.311 e. The first kappa shape index (κ1) is 15.8. The zero-order valence-corrected chi connectivity index (χ0v) is 12.6. The summed E-state index contributed by atoms with van der Waals surface area (Å²) in [6.07, 6.45) is 5.92. The molecule has 1 fully saturated rings. The molecular weight excluding hydrogens is 262 g/mol. The fraction of sp³-hybridized carbons (Fsp3) is 0.833. The molecule has 2 amide bonds. The molecule has 0 aromatic carbocycles. The van der Waals surface area contributed by atoms with Crippen molar-refractivity contribution in [1.82, 2.24) is 16.2 Å². The van der Waals surface area contributed by atoms with Gasteiger partial charge in [-0.3, -0.25) is 10.9 Å². The smallest absolute Gasteiger partial charge is 0.311 e. The van der Waals surface area contributed by atoms with Crippen LogP contribution in [0.4, 0.5) is 4.79 Å². The van der Waals surface area contributed by atoms with Gasteiger partial charge in [0.2, 0.25) is 0 Å². The Hall–Kier alpha value is -1.24. The fourth-order valence-electron chi connectivity index (χ4n) is 1.90. The van der Waals surface area contributed by atoms with Crippen LogP contribution in [0.1, 0.15) is 52.9 Å². The van der Waals surface area contributed by atoms with Gasteiger partial charge in [0, 0.05) is 0 Å². The fourth-order valence-corrected chi connectivity index (χ4v) is 1.95. The Morgan fingerprint density at radius 2 is 1.84 bits per heavy atom. The first-order chi connectivity index (χ1) is 8.89. The minimum absolute atomic E-state index is 0.305. The van der Waals surface area contributed by atoms with E-state index in [4.69, 9.17) is 12.2 Å². The second-order valence-electron chi connectivity index (χ2n) is 5.33. The SMILES string of the molecule is CC(=S)NNC(=O)NC(C)(C)/N=N/C1CCCCC1. The monoisotopic (exact) mass is 285 g/mol. The number of hydrogen-bond acceptors (Lipinski definition) is 4. The quantitative estimate of drug-likeness (QED) is 0.424. The second-order valence-corrected chi connectivity index (χ2v) is 5.94. The zero-order chi connectivity index (χ0) is 14.3. The third-order valence-electron chi connectivity index (χ3n) is 2.82. The summed E-state index contributed by atoms with van der Waals surface area (Å²) in [7, 11) is 0. The van der Waals surface area contributed by atoms with Crippen LogP contribution in [0.3, 0.4) is 0 Å². The maximum absolute atomic E-state index is 11.6. The zero-order valence-electron chi connectivity index (χ0n) is 11.8. The summed E-state index contributed by atoms with van der Waals surface area (Å²) in [5, 5.41) is 11.3. The summed E-state index contributed by atoms with van der Waals surface area (Å²) in [6, 6.07) is -0.0731. The Morgan fingerprint density at radius 1 is 1.21 bits per heavy atom. The predicted octanol–water partition coefficient (Wildman–Crippen LogP) is 2.66. The number of hydrazine groups is 1. The molecule has 7 heteroatoms. The number of urea groups is 1. The Kier molecular flexibility index (Phi) is 6.14. The van der Waals surface area contributed by atoms with Crippen molar-refractivity contribution >= 4 is 23.2 Å². The van der Waals surface area contributed by atoms with Crippen LogP contribution in [0.25, 0.3) is 0 Å². The Morgan fingerprint density at radius 3 is 2.42 bits per heavy atom. The molecule has 1 aliphatic carbocycles. The second kappa shape index (κ2) is 7.37. The van der Waals surface area contributed by atoms with Gasteiger partial charge in [0.05, 0.1) is 11.0 Å². The lowest BCUT2D eigenvalue weighted by Crippen LogP contribution is -2.52. The first-order valence-corrected chi connectivity index (χ1v) is 7.06. The van der Waals surface area contributed by atoms with Gasteiger partial charge in [0.1, 0.15) is 5.66 Å². The Bertz CT molecular complexity index is 350. The van der Waals surface area contributed by atoms with Gasteiger partial charge in [-0.25, -0.2) is 4.79 Å². The maximum Gasteiger partial charge on any atom is 0.335 e. The van der Waals surface area contributed by atoms with E-state index in [9.17, 15) is 4.79 Å². The maximum atomic E-state index is 11.6. The third kappa shape index (κ3) is 7.05. The lowest BCUT2D eigenvalue weighted by Gasteiger charge is -2.23. The summed E-state index contributed by atoms with van der Waals surface area (Å²) >= 11 is 4.80. The lowest BCUT2D eigenvalue weighted by atomic mass is 9.96. The van der Waals surface area contributed by atoms with E-state index in [0.717, 1.165) is 12.8 Å². The standard InChI is InChI=1S/C12H23N5OS/c1-9(19)14-16-11(18)13-12(2,3)17-15-10-7-5-4-6-8-10/h10H,4-8H2,1-3H3,(H,14,19)(H2,13,16,18)/b17-15+. The highest BCUT2D eigenvalue weighted by atomic mass is 32.1. The largest absolute Gasteiger partial charge is 0.335 e. The van der Waals surface area contributed by atoms with Gasteiger partial charge in [-0.1, -0.05) is 31.5 Å². The summed E-state index contributed by atoms with van der Waals surface area (Å²) in [5.41, 5.74) is 4.28. The van der Waals surface area contributed by atoms with Crippen LogP contribution in [0, 0.1) is 0 Å². The van der Waals surface area contributed by atoms with Gasteiger partial charge in [-0.2, -0.15) is 10.2 Å². The molecule has 6 nitrogen and oxygen atoms in total. The van der Waals surface area contributed by atoms with Crippen LogP contribution in [-0.2, 0) is 0 Å². The molecule has 0 heterocycles. The van der Waals surface area contributed by atoms with Crippen molar-refractivity contribution in [3.8, 4) is 0 Å². The van der Waals surface area contributed by atoms with Crippen LogP contribution in [0.5, 0.6) is 0 Å². The molecule has 0 aliphatic heterocycles. The number of thiocarbonyl (C=S) groups is 1. The van der Waals surface area contributed by atoms with E-state index in [1.807, 2.05) is 13.8 Å². The van der Waals surface area contributed by atoms with Crippen molar-refractivity contribution in [3.05, 3.63) is 0 Å². The van der Waals surface area contributed by atoms with E-state index >= 15 is 0 Å². The highest BCUT2D eigenvalue weighted by molar-refractivity contribution is 7.80. The van der Waals surface area contributed by atoms with E-state index in [-0.39, 0.29) is 6.03 Å². The molecule has 0 radical (unpaired) electrons. The number of amides is 2. The van der Waals surface area contributed by atoms with E-state index < -0.39 is 5.66 Å². The molecule has 0 aromatic heterocycles. The summed E-state index contributed by atoms with van der Waals surface area (Å²) in [5.74, 6) is 0. The molecule has 0 atom stereocenters. The van der Waals surface area contributed by atoms with Crippen molar-refractivity contribution in [2.75, 3.05) is 0 Å². The number of rotatable bonds is 3. The highest BCUT2D eigenvalue weighted by Crippen LogP contribution is 2.21. The molecule has 1 aliphatic rings. The molecule has 108 valence electrons. The number of carbonyl (C=O) groups excluding carboxylic acids is 1. The van der Waals surface area contributed by atoms with Gasteiger partial charge in [-0.05, 0) is 33.6 Å². The van der Waals surface area contributed by atoms with Gasteiger partial charge < -0.3 is 5.32 Å². The molecule has 19 heavy (non-hydrogen) atoms. The average Bonchev–Trinajstić information content (AvgIpc) is 2.35. The van der Waals surface area contributed by atoms with Crippen molar-refractivity contribution in [1.29, 1.82) is 0 Å². The normalized spacial score (nSPS) is 17.2. The molecule has 0 aromatic rings.